The van der Waals surface area contributed by atoms with Crippen molar-refractivity contribution in [1.29, 1.82) is 0 Å². The number of rotatable bonds is 4. The van der Waals surface area contributed by atoms with Gasteiger partial charge in [0.25, 0.3) is 0 Å². The molecule has 0 aliphatic heterocycles. The van der Waals surface area contributed by atoms with E-state index in [1.54, 1.807) is 0 Å². The smallest absolute Gasteiger partial charge is 0.235 e. The van der Waals surface area contributed by atoms with Crippen molar-refractivity contribution in [3.8, 4) is 17.6 Å². The molecule has 8 heteroatoms. The summed E-state index contributed by atoms with van der Waals surface area (Å²) >= 11 is 0. The van der Waals surface area contributed by atoms with E-state index in [1.807, 2.05) is 12.4 Å². The second-order valence-electron chi connectivity index (χ2n) is 16.2. The van der Waals surface area contributed by atoms with Crippen LogP contribution in [0, 0.1) is 0 Å². The standard InChI is InChI=1S/C54H34N8/c1-3-15-33(16-4-1)59-44-23-11-8-20-36(44)40-30-50-41(29-49(40)59)37-21-9-13-25-46(37)62(50)54-56-32-42-43(58-54)31-55-53(57-42)61-47-26-14-10-22-39(47)51-48(61)28-27-38-35-19-7-12-24-45(35)60(52(38)51)34-17-5-2-6-18-34/h1,3-5,7-32H,2,6H2. The molecular formula is C54H34N8. The predicted octanol–water partition coefficient (Wildman–Crippen LogP) is 13.0. The van der Waals surface area contributed by atoms with Crippen molar-refractivity contribution < 1.29 is 0 Å². The fourth-order valence-electron chi connectivity index (χ4n) is 10.3. The normalized spacial score (nSPS) is 13.4. The van der Waals surface area contributed by atoms with Gasteiger partial charge in [0.1, 0.15) is 11.0 Å². The minimum absolute atomic E-state index is 0.573. The molecule has 0 radical (unpaired) electrons. The molecule has 0 amide bonds. The molecule has 14 rings (SSSR count). The molecule has 0 spiro atoms. The third-order valence-corrected chi connectivity index (χ3v) is 12.9. The van der Waals surface area contributed by atoms with Gasteiger partial charge in [-0.2, -0.15) is 0 Å². The zero-order valence-corrected chi connectivity index (χ0v) is 33.3. The third-order valence-electron chi connectivity index (χ3n) is 12.9. The van der Waals surface area contributed by atoms with E-state index >= 15 is 0 Å². The summed E-state index contributed by atoms with van der Waals surface area (Å²) in [5.74, 6) is 1.15. The molecule has 6 aromatic heterocycles. The molecule has 0 bridgehead atoms. The lowest BCUT2D eigenvalue weighted by atomic mass is 10.1. The molecule has 1 aliphatic carbocycles. The Morgan fingerprint density at radius 3 is 1.53 bits per heavy atom. The summed E-state index contributed by atoms with van der Waals surface area (Å²) in [6, 6.07) is 54.2. The fourth-order valence-corrected chi connectivity index (χ4v) is 10.3. The van der Waals surface area contributed by atoms with E-state index in [4.69, 9.17) is 19.9 Å². The SMILES string of the molecule is C1=CC(n2c3ccccc3c3ccc4c(c5ccccc5n4-c4ncc5nc(-n6c7ccccc7c7cc8c(cc76)c6ccccc6n8-c6ccccc6)ncc5n4)c32)=CCC1. The van der Waals surface area contributed by atoms with E-state index in [0.29, 0.717) is 22.9 Å². The van der Waals surface area contributed by atoms with Crippen LogP contribution in [-0.4, -0.2) is 38.2 Å². The van der Waals surface area contributed by atoms with Crippen LogP contribution in [0.15, 0.2) is 182 Å². The Bertz CT molecular complexity index is 4100. The summed E-state index contributed by atoms with van der Waals surface area (Å²) in [6.07, 6.45) is 12.7. The molecule has 0 N–H and O–H groups in total. The summed E-state index contributed by atoms with van der Waals surface area (Å²) in [4.78, 5) is 20.5. The van der Waals surface area contributed by atoms with Crippen LogP contribution < -0.4 is 0 Å². The van der Waals surface area contributed by atoms with Gasteiger partial charge < -0.3 is 9.13 Å². The maximum Gasteiger partial charge on any atom is 0.235 e. The van der Waals surface area contributed by atoms with E-state index in [-0.39, 0.29) is 0 Å². The number of allylic oxidation sites excluding steroid dienone is 4. The maximum absolute atomic E-state index is 5.19. The Balaban J connectivity index is 0.969. The number of hydrogen-bond donors (Lipinski definition) is 0. The molecule has 0 unspecified atom stereocenters. The molecule has 290 valence electrons. The van der Waals surface area contributed by atoms with Gasteiger partial charge in [-0.15, -0.1) is 0 Å². The first-order chi connectivity index (χ1) is 30.8. The lowest BCUT2D eigenvalue weighted by Crippen LogP contribution is -2.05. The van der Waals surface area contributed by atoms with Crippen LogP contribution in [0.4, 0.5) is 0 Å². The van der Waals surface area contributed by atoms with Crippen molar-refractivity contribution in [2.75, 3.05) is 0 Å². The van der Waals surface area contributed by atoms with Crippen molar-refractivity contribution in [3.63, 3.8) is 0 Å². The minimum Gasteiger partial charge on any atom is -0.309 e. The van der Waals surface area contributed by atoms with Crippen molar-refractivity contribution in [2.45, 2.75) is 12.8 Å². The Hall–Kier alpha value is -8.36. The summed E-state index contributed by atoms with van der Waals surface area (Å²) < 4.78 is 9.18. The van der Waals surface area contributed by atoms with Gasteiger partial charge in [-0.1, -0.05) is 109 Å². The number of aromatic nitrogens is 8. The predicted molar refractivity (Wildman–Crippen MR) is 254 cm³/mol. The molecule has 1 aliphatic rings. The summed E-state index contributed by atoms with van der Waals surface area (Å²) in [5, 5.41) is 9.44. The molecular weight excluding hydrogens is 761 g/mol. The highest BCUT2D eigenvalue weighted by molar-refractivity contribution is 6.26. The van der Waals surface area contributed by atoms with E-state index in [2.05, 4.69) is 188 Å². The number of fused-ring (bicyclic) bond motifs is 14. The van der Waals surface area contributed by atoms with E-state index < -0.39 is 0 Å². The molecule has 0 fully saturated rings. The van der Waals surface area contributed by atoms with Crippen LogP contribution in [0.2, 0.25) is 0 Å². The topological polar surface area (TPSA) is 71.3 Å². The van der Waals surface area contributed by atoms with Gasteiger partial charge in [0.2, 0.25) is 11.9 Å². The maximum atomic E-state index is 5.19. The first-order valence-corrected chi connectivity index (χ1v) is 21.1. The third kappa shape index (κ3) is 4.55. The average molecular weight is 795 g/mol. The van der Waals surface area contributed by atoms with Crippen molar-refractivity contribution in [1.82, 2.24) is 38.2 Å². The largest absolute Gasteiger partial charge is 0.309 e. The second kappa shape index (κ2) is 12.6. The quantitative estimate of drug-likeness (QED) is 0.178. The van der Waals surface area contributed by atoms with E-state index in [0.717, 1.165) is 62.3 Å². The highest BCUT2D eigenvalue weighted by Gasteiger charge is 2.23. The lowest BCUT2D eigenvalue weighted by Gasteiger charge is -2.13. The summed E-state index contributed by atoms with van der Waals surface area (Å²) in [6.45, 7) is 0. The Kier molecular flexibility index (Phi) is 6.79. The van der Waals surface area contributed by atoms with Gasteiger partial charge in [0, 0.05) is 54.5 Å². The number of para-hydroxylation sites is 5. The number of nitrogens with zero attached hydrogens (tertiary/aromatic N) is 8. The lowest BCUT2D eigenvalue weighted by molar-refractivity contribution is 0.975. The van der Waals surface area contributed by atoms with Crippen LogP contribution in [0.25, 0.3) is 122 Å². The molecule has 0 atom stereocenters. The molecule has 0 saturated heterocycles. The van der Waals surface area contributed by atoms with Gasteiger partial charge >= 0.3 is 0 Å². The first-order valence-electron chi connectivity index (χ1n) is 21.1. The van der Waals surface area contributed by atoms with Crippen molar-refractivity contribution in [3.05, 3.63) is 182 Å². The second-order valence-corrected chi connectivity index (χ2v) is 16.2. The van der Waals surface area contributed by atoms with Crippen LogP contribution in [-0.2, 0) is 0 Å². The molecule has 13 aromatic rings. The van der Waals surface area contributed by atoms with Crippen LogP contribution in [0.3, 0.4) is 0 Å². The Labute approximate surface area is 353 Å². The van der Waals surface area contributed by atoms with Gasteiger partial charge in [-0.3, -0.25) is 9.13 Å². The molecule has 7 aromatic carbocycles. The van der Waals surface area contributed by atoms with E-state index in [9.17, 15) is 0 Å². The van der Waals surface area contributed by atoms with Crippen LogP contribution >= 0.6 is 0 Å². The van der Waals surface area contributed by atoms with Gasteiger partial charge in [0.05, 0.1) is 56.5 Å². The fraction of sp³-hybridized carbons (Fsp3) is 0.0370. The van der Waals surface area contributed by atoms with Gasteiger partial charge in [-0.25, -0.2) is 19.9 Å². The molecule has 6 heterocycles. The monoisotopic (exact) mass is 794 g/mol. The number of benzene rings is 7. The zero-order valence-electron chi connectivity index (χ0n) is 33.3. The summed E-state index contributed by atoms with van der Waals surface area (Å²) in [5.41, 5.74) is 12.6. The molecule has 8 nitrogen and oxygen atoms in total. The Morgan fingerprint density at radius 2 is 0.903 bits per heavy atom. The van der Waals surface area contributed by atoms with Gasteiger partial charge in [-0.05, 0) is 73.5 Å². The molecule has 0 saturated carbocycles. The summed E-state index contributed by atoms with van der Waals surface area (Å²) in [7, 11) is 0. The van der Waals surface area contributed by atoms with Crippen LogP contribution in [0.5, 0.6) is 0 Å². The van der Waals surface area contributed by atoms with E-state index in [1.165, 1.54) is 49.2 Å². The van der Waals surface area contributed by atoms with Crippen molar-refractivity contribution >= 4 is 104 Å². The highest BCUT2D eigenvalue weighted by Crippen LogP contribution is 2.43. The van der Waals surface area contributed by atoms with Crippen LogP contribution in [0.1, 0.15) is 12.8 Å². The Morgan fingerprint density at radius 1 is 0.387 bits per heavy atom. The zero-order chi connectivity index (χ0) is 40.5. The first kappa shape index (κ1) is 33.5. The minimum atomic E-state index is 0.573. The highest BCUT2D eigenvalue weighted by atomic mass is 15.2. The molecule has 62 heavy (non-hydrogen) atoms. The van der Waals surface area contributed by atoms with Crippen molar-refractivity contribution in [2.24, 2.45) is 0 Å². The van der Waals surface area contributed by atoms with Gasteiger partial charge in [0.15, 0.2) is 0 Å². The average Bonchev–Trinajstić information content (AvgIpc) is 4.06. The number of hydrogen-bond acceptors (Lipinski definition) is 4.